The smallest absolute Gasteiger partial charge is 0.334 e. The Morgan fingerprint density at radius 1 is 1.19 bits per heavy atom. The fourth-order valence-electron chi connectivity index (χ4n) is 3.40. The van der Waals surface area contributed by atoms with E-state index in [2.05, 4.69) is 38.7 Å². The van der Waals surface area contributed by atoms with Crippen LogP contribution >= 0.6 is 0 Å². The van der Waals surface area contributed by atoms with Gasteiger partial charge in [-0.05, 0) is 64.0 Å². The molecule has 2 atom stereocenters. The van der Waals surface area contributed by atoms with Gasteiger partial charge in [-0.25, -0.2) is 4.79 Å². The van der Waals surface area contributed by atoms with Gasteiger partial charge in [-0.3, -0.25) is 4.79 Å². The average molecular weight is 358 g/mol. The van der Waals surface area contributed by atoms with E-state index in [1.807, 2.05) is 0 Å². The van der Waals surface area contributed by atoms with Gasteiger partial charge in [-0.1, -0.05) is 29.9 Å². The lowest BCUT2D eigenvalue weighted by Gasteiger charge is -2.16. The molecule has 0 unspecified atom stereocenters. The second-order valence-corrected chi connectivity index (χ2v) is 7.32. The molecular weight excluding hydrogens is 328 g/mol. The minimum Gasteiger partial charge on any atom is -0.461 e. The van der Waals surface area contributed by atoms with Gasteiger partial charge < -0.3 is 9.47 Å². The lowest BCUT2D eigenvalue weighted by Crippen LogP contribution is -2.15. The van der Waals surface area contributed by atoms with Gasteiger partial charge in [-0.2, -0.15) is 0 Å². The van der Waals surface area contributed by atoms with E-state index in [-0.39, 0.29) is 24.0 Å². The molecule has 0 aromatic carbocycles. The van der Waals surface area contributed by atoms with E-state index < -0.39 is 0 Å². The second-order valence-electron chi connectivity index (χ2n) is 7.32. The van der Waals surface area contributed by atoms with Crippen LogP contribution in [-0.2, 0) is 19.1 Å². The van der Waals surface area contributed by atoms with Gasteiger partial charge in [0, 0.05) is 18.4 Å². The number of rotatable bonds is 2. The zero-order chi connectivity index (χ0) is 19.1. The maximum Gasteiger partial charge on any atom is 0.334 e. The van der Waals surface area contributed by atoms with Crippen LogP contribution in [-0.4, -0.2) is 24.6 Å². The van der Waals surface area contributed by atoms with Crippen LogP contribution in [0, 0.1) is 5.92 Å². The molecule has 0 aromatic heterocycles. The Bertz CT molecular complexity index is 651. The predicted molar refractivity (Wildman–Crippen MR) is 102 cm³/mol. The number of esters is 2. The van der Waals surface area contributed by atoms with Gasteiger partial charge >= 0.3 is 11.9 Å². The fraction of sp³-hybridized carbons (Fsp3) is 0.545. The third-order valence-electron chi connectivity index (χ3n) is 5.04. The topological polar surface area (TPSA) is 52.6 Å². The molecular formula is C22H30O4. The van der Waals surface area contributed by atoms with Crippen molar-refractivity contribution in [3.8, 4) is 0 Å². The highest BCUT2D eigenvalue weighted by Gasteiger charge is 2.36. The molecule has 0 amide bonds. The number of carbonyl (C=O) groups excluding carboxylic acids is 2. The Morgan fingerprint density at radius 2 is 1.92 bits per heavy atom. The van der Waals surface area contributed by atoms with E-state index in [1.165, 1.54) is 18.1 Å². The summed E-state index contributed by atoms with van der Waals surface area (Å²) in [6.45, 7) is 9.94. The van der Waals surface area contributed by atoms with Crippen molar-refractivity contribution in [3.05, 3.63) is 47.1 Å². The summed E-state index contributed by atoms with van der Waals surface area (Å²) in [6.07, 6.45) is 11.7. The maximum absolute atomic E-state index is 11.9. The molecule has 0 spiro atoms. The zero-order valence-corrected chi connectivity index (χ0v) is 16.2. The Morgan fingerprint density at radius 3 is 2.65 bits per heavy atom. The molecule has 2 aliphatic rings. The first kappa shape index (κ1) is 20.2. The van der Waals surface area contributed by atoms with Crippen molar-refractivity contribution < 1.29 is 19.1 Å². The molecule has 26 heavy (non-hydrogen) atoms. The Balaban J connectivity index is 2.15. The van der Waals surface area contributed by atoms with Gasteiger partial charge in [0.05, 0.1) is 0 Å². The van der Waals surface area contributed by atoms with Crippen molar-refractivity contribution in [2.45, 2.75) is 65.4 Å². The van der Waals surface area contributed by atoms with Crippen molar-refractivity contribution in [3.63, 3.8) is 0 Å². The quantitative estimate of drug-likeness (QED) is 0.403. The summed E-state index contributed by atoms with van der Waals surface area (Å²) in [5.74, 6) is -0.445. The van der Waals surface area contributed by atoms with Gasteiger partial charge in [0.1, 0.15) is 12.7 Å². The third-order valence-corrected chi connectivity index (χ3v) is 5.04. The highest BCUT2D eigenvalue weighted by Crippen LogP contribution is 2.33. The number of hydrogen-bond donors (Lipinski definition) is 0. The maximum atomic E-state index is 11.9. The lowest BCUT2D eigenvalue weighted by molar-refractivity contribution is -0.140. The molecule has 2 rings (SSSR count). The number of fused-ring (bicyclic) bond motifs is 1. The van der Waals surface area contributed by atoms with Crippen LogP contribution in [0.5, 0.6) is 0 Å². The van der Waals surface area contributed by atoms with Crippen LogP contribution in [0.3, 0.4) is 0 Å². The van der Waals surface area contributed by atoms with E-state index in [4.69, 9.17) is 9.47 Å². The van der Waals surface area contributed by atoms with Gasteiger partial charge in [-0.15, -0.1) is 0 Å². The van der Waals surface area contributed by atoms with Crippen molar-refractivity contribution in [2.75, 3.05) is 6.61 Å². The molecule has 4 heteroatoms. The number of ether oxygens (including phenoxy) is 2. The molecule has 0 saturated carbocycles. The Kier molecular flexibility index (Phi) is 7.43. The number of hydrogen-bond acceptors (Lipinski definition) is 4. The van der Waals surface area contributed by atoms with Crippen molar-refractivity contribution in [2.24, 2.45) is 5.92 Å². The summed E-state index contributed by atoms with van der Waals surface area (Å²) < 4.78 is 10.7. The van der Waals surface area contributed by atoms with E-state index in [0.717, 1.165) is 44.1 Å². The lowest BCUT2D eigenvalue weighted by atomic mass is 9.89. The Labute approximate surface area is 156 Å². The molecule has 0 bridgehead atoms. The molecule has 1 fully saturated rings. The SMILES string of the molecule is C=C1C(=O)O[C@@H]2/C=C(\C)CC/C=C(/COC(C)=O)CC/C=C(\C)CC[C@@H]12. The second kappa shape index (κ2) is 9.56. The summed E-state index contributed by atoms with van der Waals surface area (Å²) in [4.78, 5) is 23.0. The van der Waals surface area contributed by atoms with Crippen LogP contribution in [0.1, 0.15) is 59.3 Å². The first-order valence-electron chi connectivity index (χ1n) is 9.40. The Hall–Kier alpha value is -2.10. The van der Waals surface area contributed by atoms with Crippen LogP contribution in [0.4, 0.5) is 0 Å². The summed E-state index contributed by atoms with van der Waals surface area (Å²) in [5.41, 5.74) is 4.27. The highest BCUT2D eigenvalue weighted by atomic mass is 16.6. The van der Waals surface area contributed by atoms with E-state index in [0.29, 0.717) is 12.2 Å². The van der Waals surface area contributed by atoms with Crippen LogP contribution < -0.4 is 0 Å². The summed E-state index contributed by atoms with van der Waals surface area (Å²) in [7, 11) is 0. The number of allylic oxidation sites excluding steroid dienone is 4. The summed E-state index contributed by atoms with van der Waals surface area (Å²) >= 11 is 0. The first-order valence-corrected chi connectivity index (χ1v) is 9.40. The molecule has 1 heterocycles. The van der Waals surface area contributed by atoms with E-state index in [1.54, 1.807) is 0 Å². The minimum absolute atomic E-state index is 0.0683. The monoisotopic (exact) mass is 358 g/mol. The molecule has 1 aliphatic heterocycles. The van der Waals surface area contributed by atoms with Gasteiger partial charge in [0.25, 0.3) is 0 Å². The normalized spacial score (nSPS) is 31.3. The predicted octanol–water partition coefficient (Wildman–Crippen LogP) is 4.82. The van der Waals surface area contributed by atoms with Crippen LogP contribution in [0.25, 0.3) is 0 Å². The average Bonchev–Trinajstić information content (AvgIpc) is 2.83. The largest absolute Gasteiger partial charge is 0.461 e. The van der Waals surface area contributed by atoms with E-state index in [9.17, 15) is 9.59 Å². The van der Waals surface area contributed by atoms with Gasteiger partial charge in [0.2, 0.25) is 0 Å². The van der Waals surface area contributed by atoms with Crippen LogP contribution in [0.2, 0.25) is 0 Å². The molecule has 0 radical (unpaired) electrons. The standard InChI is InChI=1S/C22H30O4/c1-15-7-5-9-19(14-25-18(4)23)10-6-8-16(2)13-21-20(12-11-15)17(3)22(24)26-21/h7,10,13,20-21H,3,5-6,8-9,11-12,14H2,1-2,4H3/b15-7+,16-13+,19-10+/t20-,21+/m0/s1. The fourth-order valence-corrected chi connectivity index (χ4v) is 3.40. The summed E-state index contributed by atoms with van der Waals surface area (Å²) in [5, 5.41) is 0. The molecule has 1 aliphatic carbocycles. The van der Waals surface area contributed by atoms with Crippen molar-refractivity contribution >= 4 is 11.9 Å². The third kappa shape index (κ3) is 6.01. The number of carbonyl (C=O) groups is 2. The zero-order valence-electron chi connectivity index (χ0n) is 16.2. The molecule has 4 nitrogen and oxygen atoms in total. The molecule has 0 aromatic rings. The van der Waals surface area contributed by atoms with Crippen molar-refractivity contribution in [1.82, 2.24) is 0 Å². The summed E-state index contributed by atoms with van der Waals surface area (Å²) in [6, 6.07) is 0. The van der Waals surface area contributed by atoms with Gasteiger partial charge in [0.15, 0.2) is 0 Å². The highest BCUT2D eigenvalue weighted by molar-refractivity contribution is 5.91. The molecule has 1 saturated heterocycles. The van der Waals surface area contributed by atoms with E-state index >= 15 is 0 Å². The van der Waals surface area contributed by atoms with Crippen LogP contribution in [0.15, 0.2) is 47.1 Å². The molecule has 142 valence electrons. The first-order chi connectivity index (χ1) is 12.4. The van der Waals surface area contributed by atoms with Crippen molar-refractivity contribution in [1.29, 1.82) is 0 Å². The minimum atomic E-state index is -0.265. The molecule has 0 N–H and O–H groups in total.